The van der Waals surface area contributed by atoms with Gasteiger partial charge in [0.1, 0.15) is 5.56 Å². The van der Waals surface area contributed by atoms with Gasteiger partial charge in [0.25, 0.3) is 15.9 Å². The number of nitrogens with zero attached hydrogens (tertiary/aromatic N) is 1. The maximum Gasteiger partial charge on any atom is 0.264 e. The van der Waals surface area contributed by atoms with Gasteiger partial charge in [-0.2, -0.15) is 0 Å². The standard InChI is InChI=1S/C25H29N3O5S/c1-16(2)17-6-8-18(9-7-17)28(3)34(31,32)20-10-11-23-21(13-20)24(29)22(15-26-23)25(30)27-14-19-5-4-12-33-19/h6-11,13,15-16,19H,4-5,12,14H2,1-3H3,(H,26,29)(H,27,30). The van der Waals surface area contributed by atoms with Crippen LogP contribution < -0.4 is 15.1 Å². The van der Waals surface area contributed by atoms with E-state index < -0.39 is 21.4 Å². The molecule has 1 aliphatic rings. The Morgan fingerprint density at radius 2 is 1.94 bits per heavy atom. The molecule has 2 heterocycles. The summed E-state index contributed by atoms with van der Waals surface area (Å²) < 4.78 is 33.3. The van der Waals surface area contributed by atoms with Crippen molar-refractivity contribution in [2.24, 2.45) is 0 Å². The third kappa shape index (κ3) is 4.71. The van der Waals surface area contributed by atoms with Gasteiger partial charge >= 0.3 is 0 Å². The van der Waals surface area contributed by atoms with E-state index >= 15 is 0 Å². The number of pyridine rings is 1. The average Bonchev–Trinajstić information content (AvgIpc) is 3.36. The number of rotatable bonds is 7. The molecule has 1 saturated heterocycles. The van der Waals surface area contributed by atoms with E-state index in [-0.39, 0.29) is 21.9 Å². The second-order valence-corrected chi connectivity index (χ2v) is 10.8. The minimum Gasteiger partial charge on any atom is -0.376 e. The summed E-state index contributed by atoms with van der Waals surface area (Å²) in [7, 11) is -2.45. The third-order valence-corrected chi connectivity index (χ3v) is 7.97. The van der Waals surface area contributed by atoms with Gasteiger partial charge in [0.2, 0.25) is 5.43 Å². The minimum atomic E-state index is -3.92. The normalized spacial score (nSPS) is 16.2. The molecule has 0 spiro atoms. The van der Waals surface area contributed by atoms with Gasteiger partial charge in [-0.15, -0.1) is 0 Å². The van der Waals surface area contributed by atoms with Crippen LogP contribution in [0.3, 0.4) is 0 Å². The Labute approximate surface area is 199 Å². The Morgan fingerprint density at radius 3 is 2.59 bits per heavy atom. The molecule has 9 heteroatoms. The maximum atomic E-state index is 13.3. The summed E-state index contributed by atoms with van der Waals surface area (Å²) in [6, 6.07) is 11.6. The summed E-state index contributed by atoms with van der Waals surface area (Å²) >= 11 is 0. The van der Waals surface area contributed by atoms with E-state index in [0.717, 1.165) is 18.4 Å². The summed E-state index contributed by atoms with van der Waals surface area (Å²) in [5.74, 6) is -0.186. The molecule has 180 valence electrons. The monoisotopic (exact) mass is 483 g/mol. The molecule has 1 aromatic heterocycles. The van der Waals surface area contributed by atoms with Gasteiger partial charge in [0, 0.05) is 37.3 Å². The highest BCUT2D eigenvalue weighted by atomic mass is 32.2. The highest BCUT2D eigenvalue weighted by Crippen LogP contribution is 2.25. The van der Waals surface area contributed by atoms with Gasteiger partial charge in [0.05, 0.1) is 16.7 Å². The fraction of sp³-hybridized carbons (Fsp3) is 0.360. The summed E-state index contributed by atoms with van der Waals surface area (Å²) in [5, 5.41) is 2.87. The van der Waals surface area contributed by atoms with Gasteiger partial charge in [-0.1, -0.05) is 26.0 Å². The summed E-state index contributed by atoms with van der Waals surface area (Å²) in [6.45, 7) is 5.13. The Morgan fingerprint density at radius 1 is 1.21 bits per heavy atom. The van der Waals surface area contributed by atoms with Crippen LogP contribution in [0, 0.1) is 0 Å². The lowest BCUT2D eigenvalue weighted by Crippen LogP contribution is -2.34. The molecule has 8 nitrogen and oxygen atoms in total. The molecular formula is C25H29N3O5S. The molecule has 1 fully saturated rings. The van der Waals surface area contributed by atoms with Crippen LogP contribution in [-0.2, 0) is 14.8 Å². The van der Waals surface area contributed by atoms with Crippen molar-refractivity contribution in [3.8, 4) is 0 Å². The number of nitrogens with one attached hydrogen (secondary N) is 2. The number of amides is 1. The Kier molecular flexibility index (Phi) is 6.77. The fourth-order valence-corrected chi connectivity index (χ4v) is 5.22. The zero-order valence-corrected chi connectivity index (χ0v) is 20.3. The van der Waals surface area contributed by atoms with E-state index in [1.54, 1.807) is 12.1 Å². The molecule has 2 N–H and O–H groups in total. The Hall–Kier alpha value is -3.17. The molecule has 1 amide bonds. The predicted molar refractivity (Wildman–Crippen MR) is 132 cm³/mol. The van der Waals surface area contributed by atoms with Crippen molar-refractivity contribution in [3.63, 3.8) is 0 Å². The first kappa shape index (κ1) is 24.0. The molecule has 1 atom stereocenters. The molecule has 0 radical (unpaired) electrons. The van der Waals surface area contributed by atoms with Gasteiger partial charge in [-0.05, 0) is 54.7 Å². The van der Waals surface area contributed by atoms with Crippen LogP contribution >= 0.6 is 0 Å². The molecule has 0 bridgehead atoms. The number of sulfonamides is 1. The van der Waals surface area contributed by atoms with E-state index in [4.69, 9.17) is 4.74 Å². The van der Waals surface area contributed by atoms with E-state index in [2.05, 4.69) is 24.1 Å². The van der Waals surface area contributed by atoms with Crippen LogP contribution in [0.15, 0.2) is 58.4 Å². The summed E-state index contributed by atoms with van der Waals surface area (Å²) in [4.78, 5) is 28.6. The van der Waals surface area contributed by atoms with E-state index in [0.29, 0.717) is 30.3 Å². The van der Waals surface area contributed by atoms with Crippen molar-refractivity contribution < 1.29 is 17.9 Å². The van der Waals surface area contributed by atoms with Crippen LogP contribution in [0.1, 0.15) is 48.5 Å². The number of aromatic nitrogens is 1. The van der Waals surface area contributed by atoms with Crippen LogP contribution in [0.5, 0.6) is 0 Å². The number of H-pyrrole nitrogens is 1. The first-order valence-corrected chi connectivity index (χ1v) is 12.8. The van der Waals surface area contributed by atoms with E-state index in [9.17, 15) is 18.0 Å². The number of fused-ring (bicyclic) bond motifs is 1. The van der Waals surface area contributed by atoms with E-state index in [1.807, 2.05) is 12.1 Å². The lowest BCUT2D eigenvalue weighted by atomic mass is 10.0. The largest absolute Gasteiger partial charge is 0.376 e. The summed E-state index contributed by atoms with van der Waals surface area (Å²) in [5.41, 5.74) is 1.47. The molecule has 4 rings (SSSR count). The number of ether oxygens (including phenoxy) is 1. The molecular weight excluding hydrogens is 454 g/mol. The minimum absolute atomic E-state index is 0.0298. The van der Waals surface area contributed by atoms with Crippen LogP contribution in [0.4, 0.5) is 5.69 Å². The molecule has 1 unspecified atom stereocenters. The van der Waals surface area contributed by atoms with Crippen LogP contribution in [0.25, 0.3) is 10.9 Å². The predicted octanol–water partition coefficient (Wildman–Crippen LogP) is 3.39. The zero-order valence-electron chi connectivity index (χ0n) is 19.5. The van der Waals surface area contributed by atoms with Crippen LogP contribution in [-0.4, -0.2) is 45.6 Å². The van der Waals surface area contributed by atoms with Gasteiger partial charge in [-0.25, -0.2) is 8.42 Å². The highest BCUT2D eigenvalue weighted by Gasteiger charge is 2.23. The topological polar surface area (TPSA) is 109 Å². The van der Waals surface area contributed by atoms with Crippen molar-refractivity contribution in [3.05, 3.63) is 70.0 Å². The molecule has 3 aromatic rings. The second-order valence-electron chi connectivity index (χ2n) is 8.80. The number of benzene rings is 2. The van der Waals surface area contributed by atoms with Crippen molar-refractivity contribution in [2.75, 3.05) is 24.5 Å². The van der Waals surface area contributed by atoms with E-state index in [1.165, 1.54) is 35.7 Å². The smallest absolute Gasteiger partial charge is 0.264 e. The molecule has 0 aliphatic carbocycles. The van der Waals surface area contributed by atoms with Gasteiger partial charge < -0.3 is 15.0 Å². The molecule has 34 heavy (non-hydrogen) atoms. The highest BCUT2D eigenvalue weighted by molar-refractivity contribution is 7.92. The lowest BCUT2D eigenvalue weighted by Gasteiger charge is -2.20. The Balaban J connectivity index is 1.63. The number of hydrogen-bond acceptors (Lipinski definition) is 5. The van der Waals surface area contributed by atoms with Crippen LogP contribution in [0.2, 0.25) is 0 Å². The number of hydrogen-bond donors (Lipinski definition) is 2. The number of aromatic amines is 1. The number of carbonyl (C=O) groups is 1. The van der Waals surface area contributed by atoms with Crippen molar-refractivity contribution >= 4 is 32.5 Å². The molecule has 2 aromatic carbocycles. The fourth-order valence-electron chi connectivity index (χ4n) is 4.00. The third-order valence-electron chi connectivity index (χ3n) is 6.19. The first-order valence-electron chi connectivity index (χ1n) is 11.3. The first-order chi connectivity index (χ1) is 16.2. The zero-order chi connectivity index (χ0) is 24.5. The average molecular weight is 484 g/mol. The lowest BCUT2D eigenvalue weighted by molar-refractivity contribution is 0.0857. The molecule has 0 saturated carbocycles. The number of anilines is 1. The van der Waals surface area contributed by atoms with Crippen molar-refractivity contribution in [1.29, 1.82) is 0 Å². The van der Waals surface area contributed by atoms with Gasteiger partial charge in [0.15, 0.2) is 0 Å². The van der Waals surface area contributed by atoms with Crippen molar-refractivity contribution in [1.82, 2.24) is 10.3 Å². The van der Waals surface area contributed by atoms with Gasteiger partial charge in [-0.3, -0.25) is 13.9 Å². The number of carbonyl (C=O) groups excluding carboxylic acids is 1. The quantitative estimate of drug-likeness (QED) is 0.536. The SMILES string of the molecule is CC(C)c1ccc(N(C)S(=O)(=O)c2ccc3[nH]cc(C(=O)NCC4CCCO4)c(=O)c3c2)cc1. The Bertz CT molecular complexity index is 1360. The molecule has 1 aliphatic heterocycles. The summed E-state index contributed by atoms with van der Waals surface area (Å²) in [6.07, 6.45) is 3.12. The second kappa shape index (κ2) is 9.60. The van der Waals surface area contributed by atoms with Crippen molar-refractivity contribution in [2.45, 2.75) is 43.6 Å². The maximum absolute atomic E-state index is 13.3.